The Labute approximate surface area is 160 Å². The Bertz CT molecular complexity index is 685. The second kappa shape index (κ2) is 8.38. The molecule has 2 fully saturated rings. The number of hydrogen-bond acceptors (Lipinski definition) is 5. The van der Waals surface area contributed by atoms with Crippen molar-refractivity contribution < 1.29 is 19.1 Å². The van der Waals surface area contributed by atoms with Crippen molar-refractivity contribution in [3.05, 3.63) is 23.9 Å². The average Bonchev–Trinajstić information content (AvgIpc) is 2.70. The van der Waals surface area contributed by atoms with Gasteiger partial charge in [-0.15, -0.1) is 0 Å². The number of carbonyl (C=O) groups is 2. The van der Waals surface area contributed by atoms with Crippen LogP contribution in [0.25, 0.3) is 0 Å². The molecule has 27 heavy (non-hydrogen) atoms. The summed E-state index contributed by atoms with van der Waals surface area (Å²) in [5.74, 6) is 1.24. The van der Waals surface area contributed by atoms with Crippen LogP contribution in [0.2, 0.25) is 0 Å². The van der Waals surface area contributed by atoms with E-state index in [0.29, 0.717) is 50.8 Å². The van der Waals surface area contributed by atoms with Crippen LogP contribution in [-0.2, 0) is 14.3 Å². The van der Waals surface area contributed by atoms with E-state index in [0.717, 1.165) is 37.8 Å². The number of Topliss-reactive ketones (excluding diaryl/α,β-unsaturated/α-hetero) is 1. The first kappa shape index (κ1) is 18.4. The standard InChI is InChI=1S/C21H28N2O4/c24-19-5-2-12-23-18(19)14-27-16-10-8-15(9-11-16)17-4-1-6-20(22-17)26-13-3-7-21(23)25/h1,4,6,15-16,18H,2-3,5,7-14H2. The van der Waals surface area contributed by atoms with Crippen LogP contribution in [0.3, 0.4) is 0 Å². The average molecular weight is 372 g/mol. The lowest BCUT2D eigenvalue weighted by Gasteiger charge is -2.36. The number of rotatable bonds is 0. The van der Waals surface area contributed by atoms with E-state index in [1.807, 2.05) is 12.1 Å². The van der Waals surface area contributed by atoms with Crippen LogP contribution < -0.4 is 4.74 Å². The van der Waals surface area contributed by atoms with Crippen LogP contribution in [0.4, 0.5) is 0 Å². The minimum absolute atomic E-state index is 0.0257. The first-order valence-corrected chi connectivity index (χ1v) is 10.2. The number of aromatic nitrogens is 1. The van der Waals surface area contributed by atoms with Crippen LogP contribution in [-0.4, -0.2) is 53.5 Å². The summed E-state index contributed by atoms with van der Waals surface area (Å²) in [6.07, 6.45) is 6.46. The van der Waals surface area contributed by atoms with Gasteiger partial charge < -0.3 is 14.4 Å². The van der Waals surface area contributed by atoms with E-state index in [4.69, 9.17) is 9.47 Å². The summed E-state index contributed by atoms with van der Waals surface area (Å²) in [6.45, 7) is 1.44. The van der Waals surface area contributed by atoms with Gasteiger partial charge in [0.05, 0.1) is 19.3 Å². The summed E-state index contributed by atoms with van der Waals surface area (Å²) < 4.78 is 11.9. The molecule has 4 bridgehead atoms. The highest BCUT2D eigenvalue weighted by Crippen LogP contribution is 2.34. The number of nitrogens with zero attached hydrogens (tertiary/aromatic N) is 2. The van der Waals surface area contributed by atoms with Gasteiger partial charge in [-0.3, -0.25) is 9.59 Å². The summed E-state index contributed by atoms with van der Waals surface area (Å²) in [4.78, 5) is 31.5. The summed E-state index contributed by atoms with van der Waals surface area (Å²) in [7, 11) is 0. The second-order valence-electron chi connectivity index (χ2n) is 7.83. The Morgan fingerprint density at radius 3 is 2.74 bits per heavy atom. The maximum absolute atomic E-state index is 12.7. The predicted molar refractivity (Wildman–Crippen MR) is 99.7 cm³/mol. The van der Waals surface area contributed by atoms with E-state index in [9.17, 15) is 9.59 Å². The molecule has 1 aromatic rings. The molecule has 3 aliphatic heterocycles. The minimum atomic E-state index is -0.410. The zero-order chi connectivity index (χ0) is 18.6. The first-order chi connectivity index (χ1) is 13.2. The fourth-order valence-electron chi connectivity index (χ4n) is 4.44. The van der Waals surface area contributed by atoms with Gasteiger partial charge in [-0.1, -0.05) is 6.07 Å². The Kier molecular flexibility index (Phi) is 5.72. The molecule has 0 aromatic carbocycles. The Morgan fingerprint density at radius 1 is 1.04 bits per heavy atom. The van der Waals surface area contributed by atoms with E-state index >= 15 is 0 Å². The molecule has 1 amide bonds. The van der Waals surface area contributed by atoms with Gasteiger partial charge in [-0.2, -0.15) is 0 Å². The SMILES string of the molecule is O=C1CCCN2C(=O)CCCOc3cccc(n3)C3CCC(CC3)OCC12. The smallest absolute Gasteiger partial charge is 0.223 e. The molecule has 1 aromatic heterocycles. The minimum Gasteiger partial charge on any atom is -0.478 e. The van der Waals surface area contributed by atoms with Crippen LogP contribution in [0.5, 0.6) is 5.88 Å². The van der Waals surface area contributed by atoms with E-state index in [1.165, 1.54) is 0 Å². The molecule has 146 valence electrons. The van der Waals surface area contributed by atoms with Crippen LogP contribution >= 0.6 is 0 Å². The van der Waals surface area contributed by atoms with Gasteiger partial charge in [0.1, 0.15) is 6.04 Å². The number of carbonyl (C=O) groups excluding carboxylic acids is 2. The molecule has 4 aliphatic rings. The summed E-state index contributed by atoms with van der Waals surface area (Å²) >= 11 is 0. The van der Waals surface area contributed by atoms with Crippen molar-refractivity contribution in [2.45, 2.75) is 69.4 Å². The third-order valence-electron chi connectivity index (χ3n) is 6.00. The van der Waals surface area contributed by atoms with Crippen LogP contribution in [0.15, 0.2) is 18.2 Å². The summed E-state index contributed by atoms with van der Waals surface area (Å²) in [5.41, 5.74) is 1.09. The first-order valence-electron chi connectivity index (χ1n) is 10.2. The van der Waals surface area contributed by atoms with E-state index in [1.54, 1.807) is 4.90 Å². The Balaban J connectivity index is 1.51. The molecule has 1 atom stereocenters. The lowest BCUT2D eigenvalue weighted by molar-refractivity contribution is -0.146. The van der Waals surface area contributed by atoms with Gasteiger partial charge in [0.25, 0.3) is 0 Å². The van der Waals surface area contributed by atoms with Gasteiger partial charge in [0, 0.05) is 37.1 Å². The number of piperidine rings is 1. The predicted octanol–water partition coefficient (Wildman–Crippen LogP) is 2.86. The van der Waals surface area contributed by atoms with Gasteiger partial charge in [0.15, 0.2) is 5.78 Å². The molecule has 1 saturated carbocycles. The maximum atomic E-state index is 12.7. The summed E-state index contributed by atoms with van der Waals surface area (Å²) in [6, 6.07) is 5.54. The van der Waals surface area contributed by atoms with Gasteiger partial charge in [-0.05, 0) is 44.6 Å². The highest BCUT2D eigenvalue weighted by molar-refractivity contribution is 5.90. The van der Waals surface area contributed by atoms with Crippen LogP contribution in [0.1, 0.15) is 63.0 Å². The van der Waals surface area contributed by atoms with Crippen molar-refractivity contribution in [1.82, 2.24) is 9.88 Å². The molecule has 6 heteroatoms. The molecule has 0 N–H and O–H groups in total. The molecule has 1 saturated heterocycles. The molecule has 4 heterocycles. The largest absolute Gasteiger partial charge is 0.478 e. The number of amides is 1. The normalized spacial score (nSPS) is 29.9. The number of fused-ring (bicyclic) bond motifs is 7. The zero-order valence-electron chi connectivity index (χ0n) is 15.8. The quantitative estimate of drug-likeness (QED) is 0.700. The Hall–Kier alpha value is -1.95. The molecule has 0 spiro atoms. The van der Waals surface area contributed by atoms with Crippen molar-refractivity contribution in [1.29, 1.82) is 0 Å². The van der Waals surface area contributed by atoms with Crippen molar-refractivity contribution in [2.24, 2.45) is 0 Å². The topological polar surface area (TPSA) is 68.7 Å². The highest BCUT2D eigenvalue weighted by Gasteiger charge is 2.34. The number of hydrogen-bond donors (Lipinski definition) is 0. The molecule has 1 unspecified atom stereocenters. The van der Waals surface area contributed by atoms with Gasteiger partial charge in [-0.25, -0.2) is 4.98 Å². The van der Waals surface area contributed by atoms with E-state index in [-0.39, 0.29) is 17.8 Å². The third kappa shape index (κ3) is 4.32. The summed E-state index contributed by atoms with van der Waals surface area (Å²) in [5, 5.41) is 0. The number of ketones is 1. The van der Waals surface area contributed by atoms with E-state index in [2.05, 4.69) is 11.1 Å². The highest BCUT2D eigenvalue weighted by atomic mass is 16.5. The number of ether oxygens (including phenoxy) is 2. The molecular formula is C21H28N2O4. The zero-order valence-corrected chi connectivity index (χ0v) is 15.8. The molecule has 1 aliphatic carbocycles. The fraction of sp³-hybridized carbons (Fsp3) is 0.667. The van der Waals surface area contributed by atoms with Gasteiger partial charge in [0.2, 0.25) is 11.8 Å². The van der Waals surface area contributed by atoms with Crippen molar-refractivity contribution in [3.63, 3.8) is 0 Å². The molecule has 6 nitrogen and oxygen atoms in total. The van der Waals surface area contributed by atoms with E-state index < -0.39 is 6.04 Å². The van der Waals surface area contributed by atoms with Crippen molar-refractivity contribution in [3.8, 4) is 5.88 Å². The van der Waals surface area contributed by atoms with Crippen LogP contribution in [0, 0.1) is 0 Å². The molecule has 5 rings (SSSR count). The van der Waals surface area contributed by atoms with Gasteiger partial charge >= 0.3 is 0 Å². The second-order valence-corrected chi connectivity index (χ2v) is 7.83. The van der Waals surface area contributed by atoms with Crippen molar-refractivity contribution in [2.75, 3.05) is 19.8 Å². The third-order valence-corrected chi connectivity index (χ3v) is 6.00. The lowest BCUT2D eigenvalue weighted by atomic mass is 9.85. The maximum Gasteiger partial charge on any atom is 0.223 e. The molecular weight excluding hydrogens is 344 g/mol. The Morgan fingerprint density at radius 2 is 1.89 bits per heavy atom. The molecule has 0 radical (unpaired) electrons. The monoisotopic (exact) mass is 372 g/mol. The van der Waals surface area contributed by atoms with Crippen molar-refractivity contribution >= 4 is 11.7 Å². The fourth-order valence-corrected chi connectivity index (χ4v) is 4.44. The number of pyridine rings is 1. The lowest BCUT2D eigenvalue weighted by Crippen LogP contribution is -2.51.